The van der Waals surface area contributed by atoms with Crippen molar-refractivity contribution < 1.29 is 14.3 Å². The van der Waals surface area contributed by atoms with Gasteiger partial charge in [-0.25, -0.2) is 0 Å². The zero-order chi connectivity index (χ0) is 20.4. The van der Waals surface area contributed by atoms with Gasteiger partial charge in [0.1, 0.15) is 11.4 Å². The average Bonchev–Trinajstić information content (AvgIpc) is 3.00. The molecule has 1 fully saturated rings. The lowest BCUT2D eigenvalue weighted by Crippen LogP contribution is -2.38. The van der Waals surface area contributed by atoms with Gasteiger partial charge in [-0.15, -0.1) is 0 Å². The summed E-state index contributed by atoms with van der Waals surface area (Å²) in [7, 11) is 1.61. The topological polar surface area (TPSA) is 62.7 Å². The van der Waals surface area contributed by atoms with Crippen LogP contribution in [0.25, 0.3) is 5.57 Å². The Morgan fingerprint density at radius 1 is 1.00 bits per heavy atom. The molecule has 3 heterocycles. The van der Waals surface area contributed by atoms with Gasteiger partial charge in [0.2, 0.25) is 0 Å². The molecule has 29 heavy (non-hydrogen) atoms. The summed E-state index contributed by atoms with van der Waals surface area (Å²) in [6.45, 7) is 4.05. The van der Waals surface area contributed by atoms with Gasteiger partial charge in [-0.3, -0.25) is 19.5 Å². The van der Waals surface area contributed by atoms with Crippen LogP contribution in [0.2, 0.25) is 0 Å². The van der Waals surface area contributed by atoms with Gasteiger partial charge in [-0.05, 0) is 54.2 Å². The number of aromatic nitrogens is 1. The van der Waals surface area contributed by atoms with Crippen molar-refractivity contribution in [2.24, 2.45) is 5.92 Å². The van der Waals surface area contributed by atoms with Crippen molar-refractivity contribution in [3.63, 3.8) is 0 Å². The van der Waals surface area contributed by atoms with Crippen LogP contribution in [0.5, 0.6) is 5.75 Å². The Bertz CT molecular complexity index is 930. The van der Waals surface area contributed by atoms with E-state index < -0.39 is 0 Å². The zero-order valence-corrected chi connectivity index (χ0v) is 16.8. The number of hydrogen-bond donors (Lipinski definition) is 0. The predicted octanol–water partition coefficient (Wildman–Crippen LogP) is 3.10. The Kier molecular flexibility index (Phi) is 5.34. The Morgan fingerprint density at radius 3 is 2.28 bits per heavy atom. The molecule has 0 radical (unpaired) electrons. The molecule has 1 saturated heterocycles. The lowest BCUT2D eigenvalue weighted by atomic mass is 9.97. The van der Waals surface area contributed by atoms with E-state index in [9.17, 15) is 9.59 Å². The van der Waals surface area contributed by atoms with E-state index in [1.54, 1.807) is 19.5 Å². The van der Waals surface area contributed by atoms with Gasteiger partial charge in [0.05, 0.1) is 19.2 Å². The Labute approximate surface area is 170 Å². The Morgan fingerprint density at radius 2 is 1.66 bits per heavy atom. The fourth-order valence-corrected chi connectivity index (χ4v) is 3.92. The second-order valence-electron chi connectivity index (χ2n) is 7.67. The van der Waals surface area contributed by atoms with Crippen molar-refractivity contribution in [2.45, 2.75) is 26.3 Å². The van der Waals surface area contributed by atoms with Gasteiger partial charge in [-0.1, -0.05) is 19.1 Å². The summed E-state index contributed by atoms with van der Waals surface area (Å²) in [4.78, 5) is 34.2. The molecule has 0 unspecified atom stereocenters. The first-order valence-corrected chi connectivity index (χ1v) is 9.97. The number of nitrogens with zero attached hydrogens (tertiary/aromatic N) is 3. The highest BCUT2D eigenvalue weighted by Gasteiger charge is 2.42. The molecule has 0 bridgehead atoms. The van der Waals surface area contributed by atoms with Gasteiger partial charge < -0.3 is 9.64 Å². The minimum Gasteiger partial charge on any atom is -0.497 e. The number of carbonyl (C=O) groups is 2. The normalized spacial score (nSPS) is 18.0. The molecule has 1 aromatic heterocycles. The predicted molar refractivity (Wildman–Crippen MR) is 110 cm³/mol. The number of piperidine rings is 1. The van der Waals surface area contributed by atoms with E-state index in [4.69, 9.17) is 4.74 Å². The van der Waals surface area contributed by atoms with Crippen LogP contribution < -0.4 is 4.74 Å². The number of hydrogen-bond acceptors (Lipinski definition) is 5. The standard InChI is InChI=1S/C23H25N3O3/c1-16-9-13-25(14-10-16)21-20(18-3-5-19(29-2)6-4-18)22(27)26(23(21)28)15-17-7-11-24-12-8-17/h3-8,11-12,16H,9-10,13-15H2,1-2H3. The molecule has 2 amide bonds. The minimum absolute atomic E-state index is 0.216. The van der Waals surface area contributed by atoms with Crippen molar-refractivity contribution in [3.8, 4) is 5.75 Å². The lowest BCUT2D eigenvalue weighted by Gasteiger charge is -2.32. The smallest absolute Gasteiger partial charge is 0.278 e. The highest BCUT2D eigenvalue weighted by atomic mass is 16.5. The molecule has 2 aromatic rings. The average molecular weight is 391 g/mol. The summed E-state index contributed by atoms with van der Waals surface area (Å²) in [5.74, 6) is 0.891. The fraction of sp³-hybridized carbons (Fsp3) is 0.348. The number of likely N-dealkylation sites (tertiary alicyclic amines) is 1. The van der Waals surface area contributed by atoms with Crippen LogP contribution >= 0.6 is 0 Å². The van der Waals surface area contributed by atoms with Gasteiger partial charge in [0.25, 0.3) is 11.8 Å². The number of amides is 2. The number of rotatable bonds is 5. The van der Waals surface area contributed by atoms with Crippen molar-refractivity contribution in [3.05, 3.63) is 65.6 Å². The number of ether oxygens (including phenoxy) is 1. The third-order valence-corrected chi connectivity index (χ3v) is 5.71. The van der Waals surface area contributed by atoms with Crippen LogP contribution in [0.15, 0.2) is 54.5 Å². The van der Waals surface area contributed by atoms with E-state index in [-0.39, 0.29) is 18.4 Å². The third kappa shape index (κ3) is 3.75. The molecular formula is C23H25N3O3. The van der Waals surface area contributed by atoms with E-state index in [0.717, 1.165) is 37.1 Å². The second-order valence-corrected chi connectivity index (χ2v) is 7.67. The first kappa shape index (κ1) is 19.2. The molecular weight excluding hydrogens is 366 g/mol. The Balaban J connectivity index is 1.72. The van der Waals surface area contributed by atoms with E-state index in [0.29, 0.717) is 22.9 Å². The van der Waals surface area contributed by atoms with Crippen LogP contribution in [-0.2, 0) is 16.1 Å². The maximum Gasteiger partial charge on any atom is 0.278 e. The molecule has 0 atom stereocenters. The van der Waals surface area contributed by atoms with Crippen LogP contribution in [0.1, 0.15) is 30.9 Å². The maximum atomic E-state index is 13.4. The molecule has 0 spiro atoms. The van der Waals surface area contributed by atoms with Crippen LogP contribution in [0, 0.1) is 5.92 Å². The first-order valence-electron chi connectivity index (χ1n) is 9.97. The largest absolute Gasteiger partial charge is 0.497 e. The van der Waals surface area contributed by atoms with Gasteiger partial charge in [-0.2, -0.15) is 0 Å². The highest BCUT2D eigenvalue weighted by Crippen LogP contribution is 2.35. The van der Waals surface area contributed by atoms with Gasteiger partial charge in [0, 0.05) is 25.5 Å². The molecule has 6 nitrogen and oxygen atoms in total. The van der Waals surface area contributed by atoms with Crippen molar-refractivity contribution in [2.75, 3.05) is 20.2 Å². The number of pyridine rings is 1. The first-order chi connectivity index (χ1) is 14.1. The monoisotopic (exact) mass is 391 g/mol. The van der Waals surface area contributed by atoms with E-state index in [1.165, 1.54) is 4.90 Å². The number of imide groups is 1. The summed E-state index contributed by atoms with van der Waals surface area (Å²) in [5, 5.41) is 0. The van der Waals surface area contributed by atoms with Crippen molar-refractivity contribution in [1.82, 2.24) is 14.8 Å². The maximum absolute atomic E-state index is 13.4. The third-order valence-electron chi connectivity index (χ3n) is 5.71. The molecule has 0 aliphatic carbocycles. The molecule has 150 valence electrons. The molecule has 1 aromatic carbocycles. The number of carbonyl (C=O) groups excluding carboxylic acids is 2. The van der Waals surface area contributed by atoms with Crippen molar-refractivity contribution in [1.29, 1.82) is 0 Å². The van der Waals surface area contributed by atoms with E-state index >= 15 is 0 Å². The Hall–Kier alpha value is -3.15. The number of benzene rings is 1. The van der Waals surface area contributed by atoms with E-state index in [2.05, 4.69) is 16.8 Å². The van der Waals surface area contributed by atoms with Gasteiger partial charge >= 0.3 is 0 Å². The molecule has 2 aliphatic rings. The fourth-order valence-electron chi connectivity index (χ4n) is 3.92. The SMILES string of the molecule is COc1ccc(C2=C(N3CCC(C)CC3)C(=O)N(Cc3ccncc3)C2=O)cc1. The molecule has 4 rings (SSSR count). The van der Waals surface area contributed by atoms with E-state index in [1.807, 2.05) is 36.4 Å². The summed E-state index contributed by atoms with van der Waals surface area (Å²) >= 11 is 0. The molecule has 0 N–H and O–H groups in total. The highest BCUT2D eigenvalue weighted by molar-refractivity contribution is 6.35. The minimum atomic E-state index is -0.245. The molecule has 6 heteroatoms. The summed E-state index contributed by atoms with van der Waals surface area (Å²) < 4.78 is 5.24. The summed E-state index contributed by atoms with van der Waals surface area (Å²) in [6.07, 6.45) is 5.38. The molecule has 2 aliphatic heterocycles. The molecule has 0 saturated carbocycles. The van der Waals surface area contributed by atoms with Crippen LogP contribution in [0.3, 0.4) is 0 Å². The lowest BCUT2D eigenvalue weighted by molar-refractivity contribution is -0.138. The second kappa shape index (κ2) is 8.07. The quantitative estimate of drug-likeness (QED) is 0.733. The van der Waals surface area contributed by atoms with Gasteiger partial charge in [0.15, 0.2) is 0 Å². The van der Waals surface area contributed by atoms with Crippen LogP contribution in [-0.4, -0.2) is 46.8 Å². The summed E-state index contributed by atoms with van der Waals surface area (Å²) in [5.41, 5.74) is 2.64. The summed E-state index contributed by atoms with van der Waals surface area (Å²) in [6, 6.07) is 11.0. The van der Waals surface area contributed by atoms with Crippen molar-refractivity contribution >= 4 is 17.4 Å². The zero-order valence-electron chi connectivity index (χ0n) is 16.8. The van der Waals surface area contributed by atoms with Crippen LogP contribution in [0.4, 0.5) is 0 Å². The number of methoxy groups -OCH3 is 1.